The number of nitrogens with zero attached hydrogens (tertiary/aromatic N) is 6. The predicted octanol–water partition coefficient (Wildman–Crippen LogP) is 2.91. The Labute approximate surface area is 145 Å². The Hall–Kier alpha value is -3.03. The van der Waals surface area contributed by atoms with Gasteiger partial charge >= 0.3 is 6.01 Å². The molecule has 0 aliphatic heterocycles. The van der Waals surface area contributed by atoms with Gasteiger partial charge in [0.05, 0.1) is 0 Å². The largest absolute Gasteiger partial charge is 0.460 e. The van der Waals surface area contributed by atoms with Gasteiger partial charge in [0.15, 0.2) is 0 Å². The third-order valence-corrected chi connectivity index (χ3v) is 4.04. The molecule has 1 aliphatic carbocycles. The summed E-state index contributed by atoms with van der Waals surface area (Å²) in [6.07, 6.45) is 11.0. The lowest BCUT2D eigenvalue weighted by molar-refractivity contribution is 0.141. The van der Waals surface area contributed by atoms with Crippen molar-refractivity contribution >= 4 is 11.8 Å². The highest BCUT2D eigenvalue weighted by Gasteiger charge is 2.18. The molecule has 0 radical (unpaired) electrons. The maximum atomic E-state index is 6.01. The third kappa shape index (κ3) is 3.90. The molecule has 0 spiro atoms. The van der Waals surface area contributed by atoms with Gasteiger partial charge in [0.1, 0.15) is 11.9 Å². The zero-order chi connectivity index (χ0) is 16.9. The van der Waals surface area contributed by atoms with Crippen LogP contribution < -0.4 is 10.1 Å². The molecule has 1 N–H and O–H groups in total. The van der Waals surface area contributed by atoms with Gasteiger partial charge in [-0.25, -0.2) is 9.67 Å². The Kier molecular flexibility index (Phi) is 4.49. The van der Waals surface area contributed by atoms with E-state index in [0.717, 1.165) is 12.8 Å². The van der Waals surface area contributed by atoms with E-state index in [1.807, 2.05) is 24.3 Å². The molecule has 0 amide bonds. The number of ether oxygens (including phenoxy) is 1. The number of hydrogen-bond acceptors (Lipinski definition) is 7. The molecule has 8 heteroatoms. The molecular weight excluding hydrogens is 318 g/mol. The fourth-order valence-electron chi connectivity index (χ4n) is 2.83. The standard InChI is InChI=1S/C17H19N7O/c1-2-7-13(8-3-1)25-17-22-15(20-14-9-4-5-10-18-14)21-16(23-17)24-12-6-11-19-24/h4-6,9-13H,1-3,7-8H2,(H,18,20,21,22,23). The summed E-state index contributed by atoms with van der Waals surface area (Å²) in [5, 5.41) is 7.28. The summed E-state index contributed by atoms with van der Waals surface area (Å²) >= 11 is 0. The van der Waals surface area contributed by atoms with Crippen molar-refractivity contribution in [2.75, 3.05) is 5.32 Å². The van der Waals surface area contributed by atoms with Crippen molar-refractivity contribution in [2.45, 2.75) is 38.2 Å². The Morgan fingerprint density at radius 3 is 2.68 bits per heavy atom. The number of pyridine rings is 1. The normalized spacial score (nSPS) is 15.0. The van der Waals surface area contributed by atoms with E-state index < -0.39 is 0 Å². The van der Waals surface area contributed by atoms with Crippen LogP contribution in [0.5, 0.6) is 6.01 Å². The molecule has 3 aromatic heterocycles. The molecule has 1 aliphatic rings. The van der Waals surface area contributed by atoms with Crippen molar-refractivity contribution < 1.29 is 4.74 Å². The van der Waals surface area contributed by atoms with Crippen LogP contribution in [-0.2, 0) is 0 Å². The first kappa shape index (κ1) is 15.5. The van der Waals surface area contributed by atoms with E-state index in [4.69, 9.17) is 4.74 Å². The van der Waals surface area contributed by atoms with E-state index in [-0.39, 0.29) is 6.10 Å². The fourth-order valence-corrected chi connectivity index (χ4v) is 2.83. The van der Waals surface area contributed by atoms with E-state index in [1.165, 1.54) is 19.3 Å². The Morgan fingerprint density at radius 2 is 1.92 bits per heavy atom. The van der Waals surface area contributed by atoms with Gasteiger partial charge in [-0.2, -0.15) is 20.1 Å². The van der Waals surface area contributed by atoms with Crippen LogP contribution in [0.4, 0.5) is 11.8 Å². The van der Waals surface area contributed by atoms with Crippen molar-refractivity contribution in [3.63, 3.8) is 0 Å². The lowest BCUT2D eigenvalue weighted by Crippen LogP contribution is -2.21. The van der Waals surface area contributed by atoms with E-state index in [1.54, 1.807) is 23.3 Å². The maximum absolute atomic E-state index is 6.01. The van der Waals surface area contributed by atoms with Crippen molar-refractivity contribution in [1.82, 2.24) is 29.7 Å². The lowest BCUT2D eigenvalue weighted by atomic mass is 9.98. The minimum atomic E-state index is 0.157. The van der Waals surface area contributed by atoms with E-state index in [2.05, 4.69) is 30.4 Å². The Balaban J connectivity index is 1.62. The average molecular weight is 337 g/mol. The zero-order valence-corrected chi connectivity index (χ0v) is 13.7. The summed E-state index contributed by atoms with van der Waals surface area (Å²) < 4.78 is 7.59. The molecule has 3 aromatic rings. The molecule has 0 unspecified atom stereocenters. The van der Waals surface area contributed by atoms with Gasteiger partial charge < -0.3 is 10.1 Å². The summed E-state index contributed by atoms with van der Waals surface area (Å²) in [5.41, 5.74) is 0. The van der Waals surface area contributed by atoms with Crippen molar-refractivity contribution in [3.8, 4) is 12.0 Å². The molecule has 0 atom stereocenters. The highest BCUT2D eigenvalue weighted by atomic mass is 16.5. The summed E-state index contributed by atoms with van der Waals surface area (Å²) in [7, 11) is 0. The zero-order valence-electron chi connectivity index (χ0n) is 13.7. The third-order valence-electron chi connectivity index (χ3n) is 4.04. The van der Waals surface area contributed by atoms with E-state index in [0.29, 0.717) is 23.7 Å². The second kappa shape index (κ2) is 7.25. The molecule has 4 rings (SSSR count). The van der Waals surface area contributed by atoms with Gasteiger partial charge in [-0.3, -0.25) is 0 Å². The van der Waals surface area contributed by atoms with Crippen LogP contribution in [-0.4, -0.2) is 35.8 Å². The average Bonchev–Trinajstić information content (AvgIpc) is 3.18. The molecule has 0 bridgehead atoms. The number of hydrogen-bond donors (Lipinski definition) is 1. The molecule has 128 valence electrons. The van der Waals surface area contributed by atoms with Gasteiger partial charge in [-0.1, -0.05) is 12.5 Å². The lowest BCUT2D eigenvalue weighted by Gasteiger charge is -2.21. The molecular formula is C17H19N7O. The molecule has 25 heavy (non-hydrogen) atoms. The van der Waals surface area contributed by atoms with Gasteiger partial charge in [0, 0.05) is 18.6 Å². The predicted molar refractivity (Wildman–Crippen MR) is 92.0 cm³/mol. The van der Waals surface area contributed by atoms with Crippen molar-refractivity contribution in [2.24, 2.45) is 0 Å². The number of aromatic nitrogens is 6. The van der Waals surface area contributed by atoms with Crippen LogP contribution in [0.3, 0.4) is 0 Å². The Morgan fingerprint density at radius 1 is 1.00 bits per heavy atom. The summed E-state index contributed by atoms with van der Waals surface area (Å²) in [4.78, 5) is 17.5. The molecule has 0 saturated heterocycles. The van der Waals surface area contributed by atoms with Crippen LogP contribution in [0.1, 0.15) is 32.1 Å². The monoisotopic (exact) mass is 337 g/mol. The number of rotatable bonds is 5. The minimum absolute atomic E-state index is 0.157. The van der Waals surface area contributed by atoms with Crippen molar-refractivity contribution in [1.29, 1.82) is 0 Å². The summed E-state index contributed by atoms with van der Waals surface area (Å²) in [6, 6.07) is 7.72. The molecule has 1 fully saturated rings. The maximum Gasteiger partial charge on any atom is 0.323 e. The molecule has 1 saturated carbocycles. The minimum Gasteiger partial charge on any atom is -0.460 e. The SMILES string of the molecule is c1ccc(Nc2nc(OC3CCCCC3)nc(-n3cccn3)n2)nc1. The highest BCUT2D eigenvalue weighted by molar-refractivity contribution is 5.47. The van der Waals surface area contributed by atoms with Crippen LogP contribution in [0.2, 0.25) is 0 Å². The second-order valence-electron chi connectivity index (χ2n) is 5.91. The van der Waals surface area contributed by atoms with Gasteiger partial charge in [0.25, 0.3) is 5.95 Å². The second-order valence-corrected chi connectivity index (χ2v) is 5.91. The van der Waals surface area contributed by atoms with Crippen LogP contribution in [0, 0.1) is 0 Å². The summed E-state index contributed by atoms with van der Waals surface area (Å²) in [6.45, 7) is 0. The van der Waals surface area contributed by atoms with Gasteiger partial charge in [-0.05, 0) is 43.9 Å². The molecule has 3 heterocycles. The molecule has 0 aromatic carbocycles. The highest BCUT2D eigenvalue weighted by Crippen LogP contribution is 2.22. The topological polar surface area (TPSA) is 90.6 Å². The van der Waals surface area contributed by atoms with E-state index >= 15 is 0 Å². The first-order valence-electron chi connectivity index (χ1n) is 8.48. The van der Waals surface area contributed by atoms with E-state index in [9.17, 15) is 0 Å². The number of nitrogens with one attached hydrogen (secondary N) is 1. The van der Waals surface area contributed by atoms with Crippen molar-refractivity contribution in [3.05, 3.63) is 42.9 Å². The fraction of sp³-hybridized carbons (Fsp3) is 0.353. The smallest absolute Gasteiger partial charge is 0.323 e. The summed E-state index contributed by atoms with van der Waals surface area (Å²) in [5.74, 6) is 1.44. The Bertz CT molecular complexity index is 801. The van der Waals surface area contributed by atoms with Crippen LogP contribution in [0.25, 0.3) is 5.95 Å². The van der Waals surface area contributed by atoms with Crippen LogP contribution >= 0.6 is 0 Å². The van der Waals surface area contributed by atoms with Gasteiger partial charge in [0.2, 0.25) is 5.95 Å². The first-order chi connectivity index (χ1) is 12.4. The first-order valence-corrected chi connectivity index (χ1v) is 8.48. The number of anilines is 2. The quantitative estimate of drug-likeness (QED) is 0.765. The van der Waals surface area contributed by atoms with Gasteiger partial charge in [-0.15, -0.1) is 0 Å². The van der Waals surface area contributed by atoms with Crippen LogP contribution in [0.15, 0.2) is 42.9 Å². The molecule has 8 nitrogen and oxygen atoms in total.